The Balaban J connectivity index is 2.21. The van der Waals surface area contributed by atoms with E-state index in [1.165, 1.54) is 12.1 Å². The lowest BCUT2D eigenvalue weighted by atomic mass is 10.2. The monoisotopic (exact) mass is 408 g/mol. The lowest BCUT2D eigenvalue weighted by Gasteiger charge is -2.24. The van der Waals surface area contributed by atoms with E-state index in [0.29, 0.717) is 31.9 Å². The molecule has 0 aliphatic heterocycles. The van der Waals surface area contributed by atoms with Crippen LogP contribution >= 0.6 is 0 Å². The third kappa shape index (κ3) is 6.03. The zero-order valence-corrected chi connectivity index (χ0v) is 16.8. The second-order valence-corrected chi connectivity index (χ2v) is 8.06. The minimum absolute atomic E-state index is 0.0846. The maximum absolute atomic E-state index is 13.2. The summed E-state index contributed by atoms with van der Waals surface area (Å²) >= 11 is 0. The average Bonchev–Trinajstić information content (AvgIpc) is 2.67. The van der Waals surface area contributed by atoms with Crippen molar-refractivity contribution >= 4 is 21.6 Å². The molecule has 0 saturated carbocycles. The van der Waals surface area contributed by atoms with E-state index in [4.69, 9.17) is 4.74 Å². The topological polar surface area (TPSA) is 75.7 Å². The fourth-order valence-electron chi connectivity index (χ4n) is 2.49. The normalized spacial score (nSPS) is 11.2. The Morgan fingerprint density at radius 3 is 2.36 bits per heavy atom. The number of rotatable bonds is 10. The number of amides is 1. The third-order valence-corrected chi connectivity index (χ3v) is 5.79. The Morgan fingerprint density at radius 1 is 1.11 bits per heavy atom. The fraction of sp³-hybridized carbons (Fsp3) is 0.350. The molecule has 0 unspecified atom stereocenters. The molecule has 152 valence electrons. The Kier molecular flexibility index (Phi) is 7.95. The van der Waals surface area contributed by atoms with Crippen LogP contribution in [-0.2, 0) is 19.6 Å². The van der Waals surface area contributed by atoms with Crippen LogP contribution in [-0.4, -0.2) is 40.6 Å². The van der Waals surface area contributed by atoms with Gasteiger partial charge in [0.1, 0.15) is 12.4 Å². The molecule has 0 atom stereocenters. The van der Waals surface area contributed by atoms with Gasteiger partial charge in [-0.25, -0.2) is 12.8 Å². The average molecular weight is 408 g/mol. The van der Waals surface area contributed by atoms with Gasteiger partial charge in [-0.3, -0.25) is 9.10 Å². The quantitative estimate of drug-likeness (QED) is 0.614. The number of ether oxygens (including phenoxy) is 1. The summed E-state index contributed by atoms with van der Waals surface area (Å²) in [6.07, 6.45) is 0.634. The highest BCUT2D eigenvalue weighted by atomic mass is 32.2. The minimum Gasteiger partial charge on any atom is -0.382 e. The predicted molar refractivity (Wildman–Crippen MR) is 106 cm³/mol. The molecule has 0 aromatic heterocycles. The largest absolute Gasteiger partial charge is 0.382 e. The summed E-state index contributed by atoms with van der Waals surface area (Å²) in [5.74, 6) is -0.962. The number of sulfonamides is 1. The fourth-order valence-corrected chi connectivity index (χ4v) is 3.91. The van der Waals surface area contributed by atoms with Crippen molar-refractivity contribution in [1.29, 1.82) is 0 Å². The molecule has 0 heterocycles. The molecule has 0 bridgehead atoms. The Hall–Kier alpha value is -2.45. The molecule has 0 saturated heterocycles. The van der Waals surface area contributed by atoms with Crippen LogP contribution in [0.15, 0.2) is 53.4 Å². The third-order valence-electron chi connectivity index (χ3n) is 4.00. The summed E-state index contributed by atoms with van der Waals surface area (Å²) in [4.78, 5) is 12.3. The van der Waals surface area contributed by atoms with Crippen LogP contribution in [0.2, 0.25) is 0 Å². The van der Waals surface area contributed by atoms with Crippen molar-refractivity contribution in [3.05, 3.63) is 59.9 Å². The molecule has 0 radical (unpaired) electrons. The molecule has 0 spiro atoms. The van der Waals surface area contributed by atoms with Crippen LogP contribution in [0.4, 0.5) is 10.1 Å². The van der Waals surface area contributed by atoms with Crippen molar-refractivity contribution < 1.29 is 22.3 Å². The van der Waals surface area contributed by atoms with Crippen molar-refractivity contribution in [2.24, 2.45) is 0 Å². The molecule has 1 N–H and O–H groups in total. The van der Waals surface area contributed by atoms with Crippen molar-refractivity contribution in [2.45, 2.75) is 25.2 Å². The van der Waals surface area contributed by atoms with Crippen molar-refractivity contribution in [2.75, 3.05) is 30.6 Å². The Labute approximate surface area is 165 Å². The summed E-state index contributed by atoms with van der Waals surface area (Å²) < 4.78 is 45.6. The van der Waals surface area contributed by atoms with Gasteiger partial charge < -0.3 is 10.1 Å². The summed E-state index contributed by atoms with van der Waals surface area (Å²) in [6.45, 7) is 4.90. The number of halogens is 1. The highest BCUT2D eigenvalue weighted by Crippen LogP contribution is 2.24. The first-order chi connectivity index (χ1) is 13.3. The first-order valence-electron chi connectivity index (χ1n) is 9.04. The van der Waals surface area contributed by atoms with Crippen molar-refractivity contribution in [3.63, 3.8) is 0 Å². The first kappa shape index (κ1) is 21.8. The van der Waals surface area contributed by atoms with E-state index in [-0.39, 0.29) is 11.4 Å². The molecule has 28 heavy (non-hydrogen) atoms. The zero-order valence-electron chi connectivity index (χ0n) is 16.0. The summed E-state index contributed by atoms with van der Waals surface area (Å²) in [5, 5.41) is 2.70. The number of carbonyl (C=O) groups is 1. The van der Waals surface area contributed by atoms with Gasteiger partial charge in [-0.2, -0.15) is 0 Å². The van der Waals surface area contributed by atoms with E-state index in [0.717, 1.165) is 22.0 Å². The number of hydrogen-bond donors (Lipinski definition) is 1. The van der Waals surface area contributed by atoms with E-state index in [9.17, 15) is 17.6 Å². The van der Waals surface area contributed by atoms with Gasteiger partial charge in [-0.1, -0.05) is 17.7 Å². The SMILES string of the molecule is CCOCCCNC(=O)CN(c1ccc(C)cc1)S(=O)(=O)c1ccc(F)cc1. The summed E-state index contributed by atoms with van der Waals surface area (Å²) in [7, 11) is -4.04. The van der Waals surface area contributed by atoms with Crippen LogP contribution < -0.4 is 9.62 Å². The maximum Gasteiger partial charge on any atom is 0.264 e. The lowest BCUT2D eigenvalue weighted by Crippen LogP contribution is -2.41. The highest BCUT2D eigenvalue weighted by Gasteiger charge is 2.27. The predicted octanol–water partition coefficient (Wildman–Crippen LogP) is 2.87. The van der Waals surface area contributed by atoms with E-state index >= 15 is 0 Å². The second-order valence-electron chi connectivity index (χ2n) is 6.20. The number of nitrogens with one attached hydrogen (secondary N) is 1. The Morgan fingerprint density at radius 2 is 1.75 bits per heavy atom. The number of carbonyl (C=O) groups excluding carboxylic acids is 1. The smallest absolute Gasteiger partial charge is 0.264 e. The molecule has 0 aliphatic rings. The van der Waals surface area contributed by atoms with E-state index in [1.54, 1.807) is 24.3 Å². The lowest BCUT2D eigenvalue weighted by molar-refractivity contribution is -0.119. The van der Waals surface area contributed by atoms with Crippen LogP contribution in [0.25, 0.3) is 0 Å². The summed E-state index contributed by atoms with van der Waals surface area (Å²) in [5.41, 5.74) is 1.32. The Bertz CT molecular complexity index is 868. The number of hydrogen-bond acceptors (Lipinski definition) is 4. The van der Waals surface area contributed by atoms with Gasteiger partial charge in [0.05, 0.1) is 10.6 Å². The van der Waals surface area contributed by atoms with Crippen molar-refractivity contribution in [3.8, 4) is 0 Å². The van der Waals surface area contributed by atoms with E-state index in [2.05, 4.69) is 5.32 Å². The molecule has 0 aliphatic carbocycles. The van der Waals surface area contributed by atoms with Gasteiger partial charge in [-0.05, 0) is 56.7 Å². The van der Waals surface area contributed by atoms with Gasteiger partial charge in [0.15, 0.2) is 0 Å². The van der Waals surface area contributed by atoms with Crippen LogP contribution in [0.1, 0.15) is 18.9 Å². The number of anilines is 1. The van der Waals surface area contributed by atoms with Crippen molar-refractivity contribution in [1.82, 2.24) is 5.32 Å². The van der Waals surface area contributed by atoms with Gasteiger partial charge in [0.2, 0.25) is 5.91 Å². The maximum atomic E-state index is 13.2. The van der Waals surface area contributed by atoms with Gasteiger partial charge in [0.25, 0.3) is 10.0 Å². The second kappa shape index (κ2) is 10.2. The zero-order chi connectivity index (χ0) is 20.6. The molecule has 2 aromatic carbocycles. The highest BCUT2D eigenvalue weighted by molar-refractivity contribution is 7.92. The molecular formula is C20H25FN2O4S. The molecule has 1 amide bonds. The first-order valence-corrected chi connectivity index (χ1v) is 10.5. The molecule has 8 heteroatoms. The van der Waals surface area contributed by atoms with Crippen LogP contribution in [0, 0.1) is 12.7 Å². The van der Waals surface area contributed by atoms with Gasteiger partial charge >= 0.3 is 0 Å². The van der Waals surface area contributed by atoms with Crippen LogP contribution in [0.3, 0.4) is 0 Å². The van der Waals surface area contributed by atoms with Gasteiger partial charge in [0, 0.05) is 19.8 Å². The molecular weight excluding hydrogens is 383 g/mol. The van der Waals surface area contributed by atoms with E-state index in [1.807, 2.05) is 13.8 Å². The van der Waals surface area contributed by atoms with Gasteiger partial charge in [-0.15, -0.1) is 0 Å². The molecule has 6 nitrogen and oxygen atoms in total. The summed E-state index contributed by atoms with van der Waals surface area (Å²) in [6, 6.07) is 11.3. The van der Waals surface area contributed by atoms with E-state index < -0.39 is 21.7 Å². The number of aryl methyl sites for hydroxylation is 1. The minimum atomic E-state index is -4.04. The molecule has 2 aromatic rings. The molecule has 0 fully saturated rings. The number of nitrogens with zero attached hydrogens (tertiary/aromatic N) is 1. The molecule has 2 rings (SSSR count). The number of benzene rings is 2. The van der Waals surface area contributed by atoms with Crippen LogP contribution in [0.5, 0.6) is 0 Å². The standard InChI is InChI=1S/C20H25FN2O4S/c1-3-27-14-4-13-22-20(24)15-23(18-9-5-16(2)6-10-18)28(25,26)19-11-7-17(21)8-12-19/h5-12H,3-4,13-15H2,1-2H3,(H,22,24).